The van der Waals surface area contributed by atoms with Crippen molar-refractivity contribution in [2.45, 2.75) is 11.9 Å². The number of benzene rings is 2. The molecular weight excluding hydrogens is 356 g/mol. The van der Waals surface area contributed by atoms with Crippen molar-refractivity contribution in [1.82, 2.24) is 15.0 Å². The summed E-state index contributed by atoms with van der Waals surface area (Å²) in [5.74, 6) is 0. The molecule has 1 atom stereocenters. The SMILES string of the molecule is CN(C)CCN1C=CSC1c1noc2cc(NCc3ccccc3)ccc12. The molecule has 2 aromatic carbocycles. The average Bonchev–Trinajstić information content (AvgIpc) is 3.31. The number of hydrogen-bond donors (Lipinski definition) is 1. The minimum atomic E-state index is 0.175. The Kier molecular flexibility index (Phi) is 5.36. The van der Waals surface area contributed by atoms with Gasteiger partial charge in [0.15, 0.2) is 5.58 Å². The lowest BCUT2D eigenvalue weighted by molar-refractivity contribution is 0.294. The van der Waals surface area contributed by atoms with Crippen LogP contribution in [0.1, 0.15) is 16.6 Å². The van der Waals surface area contributed by atoms with Crippen LogP contribution in [0.2, 0.25) is 0 Å². The molecule has 0 fully saturated rings. The van der Waals surface area contributed by atoms with Gasteiger partial charge >= 0.3 is 0 Å². The summed E-state index contributed by atoms with van der Waals surface area (Å²) in [4.78, 5) is 4.52. The summed E-state index contributed by atoms with van der Waals surface area (Å²) in [5.41, 5.74) is 4.10. The van der Waals surface area contributed by atoms with Crippen LogP contribution in [0.5, 0.6) is 0 Å². The van der Waals surface area contributed by atoms with Crippen LogP contribution in [0, 0.1) is 0 Å². The lowest BCUT2D eigenvalue weighted by Gasteiger charge is -2.24. The van der Waals surface area contributed by atoms with Crippen molar-refractivity contribution in [3.05, 3.63) is 71.4 Å². The van der Waals surface area contributed by atoms with Crippen molar-refractivity contribution in [3.8, 4) is 0 Å². The maximum Gasteiger partial charge on any atom is 0.169 e. The van der Waals surface area contributed by atoms with Crippen LogP contribution in [0.15, 0.2) is 64.7 Å². The van der Waals surface area contributed by atoms with E-state index in [1.165, 1.54) is 5.56 Å². The van der Waals surface area contributed by atoms with Crippen LogP contribution >= 0.6 is 11.8 Å². The fourth-order valence-corrected chi connectivity index (χ4v) is 4.12. The second kappa shape index (κ2) is 8.06. The summed E-state index contributed by atoms with van der Waals surface area (Å²) < 4.78 is 5.66. The summed E-state index contributed by atoms with van der Waals surface area (Å²) in [7, 11) is 4.19. The Balaban J connectivity index is 1.49. The number of likely N-dealkylation sites (N-methyl/N-ethyl adjacent to an activating group) is 1. The highest BCUT2D eigenvalue weighted by atomic mass is 32.2. The molecule has 6 heteroatoms. The first-order chi connectivity index (χ1) is 13.2. The molecule has 140 valence electrons. The van der Waals surface area contributed by atoms with E-state index >= 15 is 0 Å². The van der Waals surface area contributed by atoms with Gasteiger partial charge in [-0.3, -0.25) is 0 Å². The first-order valence-electron chi connectivity index (χ1n) is 9.10. The van der Waals surface area contributed by atoms with Crippen molar-refractivity contribution >= 4 is 28.4 Å². The minimum Gasteiger partial charge on any atom is -0.381 e. The number of anilines is 1. The maximum atomic E-state index is 5.66. The molecule has 3 aromatic rings. The van der Waals surface area contributed by atoms with E-state index in [4.69, 9.17) is 4.52 Å². The molecule has 1 aliphatic heterocycles. The van der Waals surface area contributed by atoms with E-state index < -0.39 is 0 Å². The predicted molar refractivity (Wildman–Crippen MR) is 113 cm³/mol. The molecule has 0 amide bonds. The first kappa shape index (κ1) is 17.9. The molecule has 5 nitrogen and oxygen atoms in total. The molecule has 0 aliphatic carbocycles. The van der Waals surface area contributed by atoms with Gasteiger partial charge in [-0.25, -0.2) is 0 Å². The fraction of sp³-hybridized carbons (Fsp3) is 0.286. The Morgan fingerprint density at radius 2 is 2.04 bits per heavy atom. The molecule has 0 radical (unpaired) electrons. The zero-order chi connectivity index (χ0) is 18.6. The molecule has 1 unspecified atom stereocenters. The quantitative estimate of drug-likeness (QED) is 0.650. The Morgan fingerprint density at radius 3 is 2.85 bits per heavy atom. The van der Waals surface area contributed by atoms with Crippen LogP contribution in [-0.2, 0) is 6.54 Å². The largest absolute Gasteiger partial charge is 0.381 e. The lowest BCUT2D eigenvalue weighted by Crippen LogP contribution is -2.28. The molecule has 0 saturated heterocycles. The summed E-state index contributed by atoms with van der Waals surface area (Å²) in [6.45, 7) is 2.75. The van der Waals surface area contributed by atoms with Gasteiger partial charge in [-0.2, -0.15) is 0 Å². The van der Waals surface area contributed by atoms with E-state index in [2.05, 4.69) is 82.4 Å². The lowest BCUT2D eigenvalue weighted by atomic mass is 10.1. The third kappa shape index (κ3) is 4.12. The molecule has 0 bridgehead atoms. The van der Waals surface area contributed by atoms with Gasteiger partial charge in [0.2, 0.25) is 0 Å². The zero-order valence-electron chi connectivity index (χ0n) is 15.6. The predicted octanol–water partition coefficient (Wildman–Crippen LogP) is 4.52. The van der Waals surface area contributed by atoms with Crippen molar-refractivity contribution in [1.29, 1.82) is 0 Å². The number of fused-ring (bicyclic) bond motifs is 1. The highest BCUT2D eigenvalue weighted by Crippen LogP contribution is 2.41. The summed E-state index contributed by atoms with van der Waals surface area (Å²) >= 11 is 1.78. The molecule has 4 rings (SSSR count). The van der Waals surface area contributed by atoms with E-state index in [1.807, 2.05) is 12.1 Å². The summed E-state index contributed by atoms with van der Waals surface area (Å²) in [6, 6.07) is 16.6. The van der Waals surface area contributed by atoms with Gasteiger partial charge in [0, 0.05) is 43.0 Å². The topological polar surface area (TPSA) is 44.5 Å². The number of rotatable bonds is 7. The zero-order valence-corrected chi connectivity index (χ0v) is 16.4. The summed E-state index contributed by atoms with van der Waals surface area (Å²) in [5, 5.41) is 11.2. The van der Waals surface area contributed by atoms with Crippen LogP contribution < -0.4 is 5.32 Å². The van der Waals surface area contributed by atoms with Gasteiger partial charge < -0.3 is 19.6 Å². The van der Waals surface area contributed by atoms with E-state index in [0.29, 0.717) is 0 Å². The standard InChI is InChI=1S/C21H24N4OS/c1-24(2)10-11-25-12-13-27-21(25)20-18-9-8-17(14-19(18)26-23-20)22-15-16-6-4-3-5-7-16/h3-9,12-14,21-22H,10-11,15H2,1-2H3. The van der Waals surface area contributed by atoms with Gasteiger partial charge in [0.05, 0.1) is 0 Å². The Morgan fingerprint density at radius 1 is 1.19 bits per heavy atom. The van der Waals surface area contributed by atoms with Crippen LogP contribution in [0.4, 0.5) is 5.69 Å². The van der Waals surface area contributed by atoms with Crippen LogP contribution in [0.25, 0.3) is 11.0 Å². The van der Waals surface area contributed by atoms with Gasteiger partial charge in [-0.15, -0.1) is 11.8 Å². The fourth-order valence-electron chi connectivity index (χ4n) is 3.12. The smallest absolute Gasteiger partial charge is 0.169 e. The third-order valence-corrected chi connectivity index (χ3v) is 5.67. The highest BCUT2D eigenvalue weighted by molar-refractivity contribution is 8.02. The van der Waals surface area contributed by atoms with Crippen LogP contribution in [-0.4, -0.2) is 42.1 Å². The number of nitrogens with zero attached hydrogens (tertiary/aromatic N) is 3. The Labute approximate surface area is 164 Å². The highest BCUT2D eigenvalue weighted by Gasteiger charge is 2.27. The third-order valence-electron chi connectivity index (χ3n) is 4.64. The molecule has 1 N–H and O–H groups in total. The van der Waals surface area contributed by atoms with Gasteiger partial charge in [-0.1, -0.05) is 35.5 Å². The van der Waals surface area contributed by atoms with Gasteiger partial charge in [-0.05, 0) is 37.2 Å². The Hall–Kier alpha value is -2.44. The molecule has 2 heterocycles. The van der Waals surface area contributed by atoms with Gasteiger partial charge in [0.1, 0.15) is 11.1 Å². The molecule has 27 heavy (non-hydrogen) atoms. The van der Waals surface area contributed by atoms with Crippen molar-refractivity contribution in [2.24, 2.45) is 0 Å². The normalized spacial score (nSPS) is 16.6. The molecule has 1 aromatic heterocycles. The van der Waals surface area contributed by atoms with Crippen molar-refractivity contribution in [3.63, 3.8) is 0 Å². The van der Waals surface area contributed by atoms with Gasteiger partial charge in [0.25, 0.3) is 0 Å². The molecular formula is C21H24N4OS. The van der Waals surface area contributed by atoms with Crippen molar-refractivity contribution in [2.75, 3.05) is 32.5 Å². The minimum absolute atomic E-state index is 0.175. The monoisotopic (exact) mass is 380 g/mol. The average molecular weight is 381 g/mol. The number of thioether (sulfide) groups is 1. The van der Waals surface area contributed by atoms with E-state index in [9.17, 15) is 0 Å². The Bertz CT molecular complexity index is 922. The van der Waals surface area contributed by atoms with Crippen molar-refractivity contribution < 1.29 is 4.52 Å². The van der Waals surface area contributed by atoms with Crippen LogP contribution in [0.3, 0.4) is 0 Å². The number of aromatic nitrogens is 1. The molecule has 0 spiro atoms. The first-order valence-corrected chi connectivity index (χ1v) is 10.0. The maximum absolute atomic E-state index is 5.66. The molecule has 1 aliphatic rings. The second-order valence-electron chi connectivity index (χ2n) is 6.93. The second-order valence-corrected chi connectivity index (χ2v) is 7.92. The summed E-state index contributed by atoms with van der Waals surface area (Å²) in [6.07, 6.45) is 2.15. The van der Waals surface area contributed by atoms with E-state index in [-0.39, 0.29) is 5.37 Å². The van der Waals surface area contributed by atoms with E-state index in [0.717, 1.165) is 42.0 Å². The number of hydrogen-bond acceptors (Lipinski definition) is 6. The molecule has 0 saturated carbocycles. The van der Waals surface area contributed by atoms with E-state index in [1.54, 1.807) is 11.8 Å². The number of nitrogens with one attached hydrogen (secondary N) is 1.